The molecule has 0 unspecified atom stereocenters. The largest absolute Gasteiger partial charge is 0.381 e. The molecule has 1 aromatic rings. The molecule has 13 heavy (non-hydrogen) atoms. The highest BCUT2D eigenvalue weighted by atomic mass is 14.9. The predicted molar refractivity (Wildman–Crippen MR) is 59.1 cm³/mol. The molecule has 0 atom stereocenters. The molecule has 1 heteroatoms. The Kier molecular flexibility index (Phi) is 3.56. The summed E-state index contributed by atoms with van der Waals surface area (Å²) in [5.41, 5.74) is 3.75. The molecule has 70 valence electrons. The van der Waals surface area contributed by atoms with Gasteiger partial charge in [-0.15, -0.1) is 0 Å². The minimum atomic E-state index is 0.858. The minimum absolute atomic E-state index is 0.858. The number of hydrogen-bond acceptors (Lipinski definition) is 1. The van der Waals surface area contributed by atoms with Gasteiger partial charge in [-0.2, -0.15) is 0 Å². The van der Waals surface area contributed by atoms with E-state index in [4.69, 9.17) is 0 Å². The smallest absolute Gasteiger partial charge is 0.0375 e. The quantitative estimate of drug-likeness (QED) is 0.693. The molecular formula is C12H17N. The molecule has 0 fully saturated rings. The number of nitrogens with one attached hydrogen (secondary N) is 1. The van der Waals surface area contributed by atoms with Crippen LogP contribution in [0.3, 0.4) is 0 Å². The minimum Gasteiger partial charge on any atom is -0.381 e. The summed E-state index contributed by atoms with van der Waals surface area (Å²) < 4.78 is 0. The second-order valence-corrected chi connectivity index (χ2v) is 3.32. The summed E-state index contributed by atoms with van der Waals surface area (Å²) >= 11 is 0. The summed E-state index contributed by atoms with van der Waals surface area (Å²) in [6.07, 6.45) is 1.07. The zero-order valence-electron chi connectivity index (χ0n) is 8.43. The predicted octanol–water partition coefficient (Wildman–Crippen LogP) is 3.24. The molecule has 0 heterocycles. The molecule has 0 aliphatic rings. The first-order valence-electron chi connectivity index (χ1n) is 4.70. The lowest BCUT2D eigenvalue weighted by Gasteiger charge is -2.10. The zero-order chi connectivity index (χ0) is 9.68. The molecule has 1 aromatic carbocycles. The van der Waals surface area contributed by atoms with Crippen molar-refractivity contribution in [3.05, 3.63) is 42.0 Å². The van der Waals surface area contributed by atoms with E-state index in [0.29, 0.717) is 0 Å². The summed E-state index contributed by atoms with van der Waals surface area (Å²) in [7, 11) is 0. The van der Waals surface area contributed by atoms with Crippen molar-refractivity contribution >= 4 is 5.69 Å². The van der Waals surface area contributed by atoms with Crippen molar-refractivity contribution in [2.45, 2.75) is 20.3 Å². The fourth-order valence-electron chi connectivity index (χ4n) is 1.25. The average molecular weight is 175 g/mol. The Morgan fingerprint density at radius 1 is 1.38 bits per heavy atom. The Labute approximate surface area is 80.5 Å². The monoisotopic (exact) mass is 175 g/mol. The average Bonchev–Trinajstić information content (AvgIpc) is 2.15. The number of hydrogen-bond donors (Lipinski definition) is 1. The highest BCUT2D eigenvalue weighted by molar-refractivity contribution is 5.51. The second-order valence-electron chi connectivity index (χ2n) is 3.32. The Hall–Kier alpha value is -1.24. The number of anilines is 1. The van der Waals surface area contributed by atoms with Crippen LogP contribution in [0.5, 0.6) is 0 Å². The summed E-state index contributed by atoms with van der Waals surface area (Å²) in [6, 6.07) is 8.40. The summed E-state index contributed by atoms with van der Waals surface area (Å²) in [5, 5.41) is 3.36. The third-order valence-electron chi connectivity index (χ3n) is 1.98. The number of rotatable bonds is 4. The van der Waals surface area contributed by atoms with Gasteiger partial charge in [0.15, 0.2) is 0 Å². The van der Waals surface area contributed by atoms with Crippen LogP contribution < -0.4 is 5.32 Å². The van der Waals surface area contributed by atoms with Crippen LogP contribution in [0, 0.1) is 0 Å². The fourth-order valence-corrected chi connectivity index (χ4v) is 1.25. The van der Waals surface area contributed by atoms with E-state index in [1.165, 1.54) is 11.3 Å². The van der Waals surface area contributed by atoms with E-state index in [0.717, 1.165) is 18.5 Å². The van der Waals surface area contributed by atoms with Gasteiger partial charge < -0.3 is 5.32 Å². The van der Waals surface area contributed by atoms with Gasteiger partial charge in [0.25, 0.3) is 0 Å². The van der Waals surface area contributed by atoms with Gasteiger partial charge in [-0.1, -0.05) is 37.3 Å². The third kappa shape index (κ3) is 2.94. The molecule has 0 saturated heterocycles. The van der Waals surface area contributed by atoms with Crippen molar-refractivity contribution in [3.8, 4) is 0 Å². The van der Waals surface area contributed by atoms with E-state index in [2.05, 4.69) is 43.1 Å². The molecular weight excluding hydrogens is 158 g/mol. The molecule has 0 saturated carbocycles. The number of benzene rings is 1. The van der Waals surface area contributed by atoms with Crippen LogP contribution in [0.4, 0.5) is 5.69 Å². The van der Waals surface area contributed by atoms with Crippen LogP contribution in [0.1, 0.15) is 19.4 Å². The number of para-hydroxylation sites is 1. The molecule has 0 spiro atoms. The van der Waals surface area contributed by atoms with E-state index in [-0.39, 0.29) is 0 Å². The van der Waals surface area contributed by atoms with Gasteiger partial charge in [-0.3, -0.25) is 0 Å². The van der Waals surface area contributed by atoms with E-state index in [9.17, 15) is 0 Å². The van der Waals surface area contributed by atoms with Gasteiger partial charge in [-0.25, -0.2) is 0 Å². The van der Waals surface area contributed by atoms with Crippen LogP contribution in [0.2, 0.25) is 0 Å². The Bertz CT molecular complexity index is 289. The molecule has 0 aromatic heterocycles. The molecule has 1 N–H and O–H groups in total. The van der Waals surface area contributed by atoms with Crippen molar-refractivity contribution < 1.29 is 0 Å². The maximum absolute atomic E-state index is 3.86. The van der Waals surface area contributed by atoms with Crippen LogP contribution in [0.25, 0.3) is 0 Å². The fraction of sp³-hybridized carbons (Fsp3) is 0.333. The second kappa shape index (κ2) is 4.70. The first kappa shape index (κ1) is 9.85. The number of aryl methyl sites for hydroxylation is 1. The summed E-state index contributed by atoms with van der Waals surface area (Å²) in [4.78, 5) is 0. The van der Waals surface area contributed by atoms with Crippen LogP contribution in [-0.4, -0.2) is 6.54 Å². The molecule has 0 aliphatic heterocycles. The lowest BCUT2D eigenvalue weighted by atomic mass is 10.1. The first-order valence-corrected chi connectivity index (χ1v) is 4.70. The standard InChI is InChI=1S/C12H17N/c1-4-11-7-5-6-8-12(11)13-9-10(2)3/h5-8,13H,2,4,9H2,1,3H3. The van der Waals surface area contributed by atoms with Gasteiger partial charge >= 0.3 is 0 Å². The summed E-state index contributed by atoms with van der Waals surface area (Å²) in [6.45, 7) is 8.92. The molecule has 0 radical (unpaired) electrons. The van der Waals surface area contributed by atoms with E-state index in [1.54, 1.807) is 0 Å². The van der Waals surface area contributed by atoms with Crippen LogP contribution >= 0.6 is 0 Å². The van der Waals surface area contributed by atoms with E-state index in [1.807, 2.05) is 6.92 Å². The van der Waals surface area contributed by atoms with Crippen LogP contribution in [-0.2, 0) is 6.42 Å². The normalized spacial score (nSPS) is 9.69. The topological polar surface area (TPSA) is 12.0 Å². The SMILES string of the molecule is C=C(C)CNc1ccccc1CC. The van der Waals surface area contributed by atoms with Crippen molar-refractivity contribution in [2.75, 3.05) is 11.9 Å². The van der Waals surface area contributed by atoms with Gasteiger partial charge in [0.2, 0.25) is 0 Å². The Balaban J connectivity index is 2.69. The van der Waals surface area contributed by atoms with Gasteiger partial charge in [0.05, 0.1) is 0 Å². The molecule has 1 rings (SSSR count). The van der Waals surface area contributed by atoms with Gasteiger partial charge in [0, 0.05) is 12.2 Å². The molecule has 0 bridgehead atoms. The zero-order valence-corrected chi connectivity index (χ0v) is 8.43. The van der Waals surface area contributed by atoms with E-state index < -0.39 is 0 Å². The summed E-state index contributed by atoms with van der Waals surface area (Å²) in [5.74, 6) is 0. The Morgan fingerprint density at radius 2 is 2.08 bits per heavy atom. The third-order valence-corrected chi connectivity index (χ3v) is 1.98. The molecule has 0 amide bonds. The van der Waals surface area contributed by atoms with Crippen molar-refractivity contribution in [2.24, 2.45) is 0 Å². The van der Waals surface area contributed by atoms with Crippen LogP contribution in [0.15, 0.2) is 36.4 Å². The molecule has 0 aliphatic carbocycles. The van der Waals surface area contributed by atoms with Gasteiger partial charge in [-0.05, 0) is 25.0 Å². The Morgan fingerprint density at radius 3 is 2.69 bits per heavy atom. The highest BCUT2D eigenvalue weighted by Crippen LogP contribution is 2.15. The first-order chi connectivity index (χ1) is 6.24. The van der Waals surface area contributed by atoms with Gasteiger partial charge in [0.1, 0.15) is 0 Å². The highest BCUT2D eigenvalue weighted by Gasteiger charge is 1.97. The maximum Gasteiger partial charge on any atom is 0.0375 e. The van der Waals surface area contributed by atoms with Crippen molar-refractivity contribution in [3.63, 3.8) is 0 Å². The lowest BCUT2D eigenvalue weighted by molar-refractivity contribution is 1.12. The van der Waals surface area contributed by atoms with Crippen molar-refractivity contribution in [1.82, 2.24) is 0 Å². The van der Waals surface area contributed by atoms with Crippen molar-refractivity contribution in [1.29, 1.82) is 0 Å². The molecule has 1 nitrogen and oxygen atoms in total. The van der Waals surface area contributed by atoms with E-state index >= 15 is 0 Å². The maximum atomic E-state index is 3.86. The lowest BCUT2D eigenvalue weighted by Crippen LogP contribution is -2.03.